The Morgan fingerprint density at radius 3 is 2.62 bits per heavy atom. The number of quaternary nitrogens is 1. The molecule has 26 heavy (non-hydrogen) atoms. The minimum Gasteiger partial charge on any atom is -0.491 e. The van der Waals surface area contributed by atoms with Gasteiger partial charge in [0, 0.05) is 15.7 Å². The highest BCUT2D eigenvalue weighted by Crippen LogP contribution is 2.21. The van der Waals surface area contributed by atoms with E-state index in [1.54, 1.807) is 0 Å². The number of piperazine rings is 1. The predicted molar refractivity (Wildman–Crippen MR) is 107 cm³/mol. The number of aliphatic hydroxyl groups is 1. The number of hydrogen-bond donors (Lipinski definition) is 2. The van der Waals surface area contributed by atoms with Crippen molar-refractivity contribution in [3.8, 4) is 5.75 Å². The van der Waals surface area contributed by atoms with Gasteiger partial charge in [0.1, 0.15) is 25.0 Å². The minimum atomic E-state index is -0.487. The van der Waals surface area contributed by atoms with Crippen LogP contribution in [0.15, 0.2) is 42.5 Å². The van der Waals surface area contributed by atoms with Gasteiger partial charge in [0.05, 0.1) is 26.2 Å². The molecule has 0 amide bonds. The molecule has 1 atom stereocenters. The fraction of sp³-hybridized carbons (Fsp3) is 0.400. The van der Waals surface area contributed by atoms with Crippen molar-refractivity contribution in [3.05, 3.63) is 58.1 Å². The lowest BCUT2D eigenvalue weighted by Gasteiger charge is -2.34. The summed E-state index contributed by atoms with van der Waals surface area (Å²) < 4.78 is 5.70. The highest BCUT2D eigenvalue weighted by atomic mass is 35.5. The van der Waals surface area contributed by atoms with Crippen LogP contribution in [0, 0.1) is 6.92 Å². The summed E-state index contributed by atoms with van der Waals surface area (Å²) in [6.45, 7) is 6.82. The zero-order valence-corrected chi connectivity index (χ0v) is 16.4. The van der Waals surface area contributed by atoms with Crippen LogP contribution in [0.1, 0.15) is 5.56 Å². The van der Waals surface area contributed by atoms with E-state index in [0.29, 0.717) is 13.2 Å². The van der Waals surface area contributed by atoms with E-state index in [-0.39, 0.29) is 0 Å². The van der Waals surface area contributed by atoms with E-state index >= 15 is 0 Å². The third-order valence-corrected chi connectivity index (χ3v) is 5.40. The van der Waals surface area contributed by atoms with Crippen molar-refractivity contribution in [2.45, 2.75) is 13.0 Å². The summed E-state index contributed by atoms with van der Waals surface area (Å²) in [5.74, 6) is 0.742. The van der Waals surface area contributed by atoms with Gasteiger partial charge < -0.3 is 19.6 Å². The van der Waals surface area contributed by atoms with E-state index in [9.17, 15) is 5.11 Å². The van der Waals surface area contributed by atoms with Gasteiger partial charge in [0.25, 0.3) is 0 Å². The van der Waals surface area contributed by atoms with E-state index in [0.717, 1.165) is 47.5 Å². The highest BCUT2D eigenvalue weighted by Gasteiger charge is 2.23. The van der Waals surface area contributed by atoms with Gasteiger partial charge in [-0.3, -0.25) is 0 Å². The number of nitrogens with zero attached hydrogens (tertiary/aromatic N) is 1. The Labute approximate surface area is 164 Å². The number of hydrogen-bond acceptors (Lipinski definition) is 3. The summed E-state index contributed by atoms with van der Waals surface area (Å²) in [7, 11) is 0. The van der Waals surface area contributed by atoms with E-state index < -0.39 is 6.10 Å². The zero-order valence-electron chi connectivity index (χ0n) is 14.9. The molecule has 140 valence electrons. The lowest BCUT2D eigenvalue weighted by molar-refractivity contribution is -0.903. The summed E-state index contributed by atoms with van der Waals surface area (Å²) in [6.07, 6.45) is -0.487. The molecule has 2 N–H and O–H groups in total. The molecule has 1 saturated heterocycles. The van der Waals surface area contributed by atoms with E-state index in [1.807, 2.05) is 43.3 Å². The van der Waals surface area contributed by atoms with Crippen LogP contribution >= 0.6 is 23.2 Å². The molecule has 0 aromatic heterocycles. The molecule has 2 aromatic rings. The average Bonchev–Trinajstić information content (AvgIpc) is 2.63. The van der Waals surface area contributed by atoms with Crippen LogP contribution in [0.5, 0.6) is 5.75 Å². The van der Waals surface area contributed by atoms with Gasteiger partial charge in [-0.25, -0.2) is 0 Å². The SMILES string of the molecule is Cc1cc(OC[C@H](O)C[NH+]2CCN(c3cccc(Cl)c3)CC2)ccc1Cl. The number of aliphatic hydroxyl groups excluding tert-OH is 1. The first-order valence-corrected chi connectivity index (χ1v) is 9.68. The first-order valence-electron chi connectivity index (χ1n) is 8.92. The van der Waals surface area contributed by atoms with Crippen molar-refractivity contribution >= 4 is 28.9 Å². The fourth-order valence-corrected chi connectivity index (χ4v) is 3.55. The Kier molecular flexibility index (Phi) is 6.65. The number of halogens is 2. The number of rotatable bonds is 6. The van der Waals surface area contributed by atoms with Crippen LogP contribution in [0.25, 0.3) is 0 Å². The lowest BCUT2D eigenvalue weighted by atomic mass is 10.2. The van der Waals surface area contributed by atoms with Gasteiger partial charge in [0.15, 0.2) is 0 Å². The molecule has 0 bridgehead atoms. The first-order chi connectivity index (χ1) is 12.5. The Bertz CT molecular complexity index is 734. The quantitative estimate of drug-likeness (QED) is 0.788. The normalized spacial score (nSPS) is 16.5. The van der Waals surface area contributed by atoms with Crippen molar-refractivity contribution in [1.82, 2.24) is 0 Å². The Hall–Kier alpha value is -1.46. The maximum atomic E-state index is 10.3. The van der Waals surface area contributed by atoms with Crippen LogP contribution in [0.3, 0.4) is 0 Å². The maximum absolute atomic E-state index is 10.3. The second-order valence-corrected chi connectivity index (χ2v) is 7.64. The summed E-state index contributed by atoms with van der Waals surface area (Å²) >= 11 is 12.1. The van der Waals surface area contributed by atoms with E-state index in [2.05, 4.69) is 11.0 Å². The second kappa shape index (κ2) is 8.96. The third-order valence-electron chi connectivity index (χ3n) is 4.74. The molecular weight excluding hydrogens is 371 g/mol. The molecule has 1 aliphatic heterocycles. The molecule has 4 nitrogen and oxygen atoms in total. The van der Waals surface area contributed by atoms with Crippen molar-refractivity contribution in [2.24, 2.45) is 0 Å². The lowest BCUT2D eigenvalue weighted by Crippen LogP contribution is -3.16. The second-order valence-electron chi connectivity index (χ2n) is 6.80. The Balaban J connectivity index is 1.43. The molecule has 3 rings (SSSR count). The number of ether oxygens (including phenoxy) is 1. The standard InChI is InChI=1S/C20H24Cl2N2O2/c1-15-11-19(5-6-20(15)22)26-14-18(25)13-23-7-9-24(10-8-23)17-4-2-3-16(21)12-17/h2-6,11-12,18,25H,7-10,13-14H2,1H3/p+1/t18-/m1/s1. The summed E-state index contributed by atoms with van der Waals surface area (Å²) in [5, 5.41) is 11.8. The molecular formula is C20H25Cl2N2O2+. The topological polar surface area (TPSA) is 37.1 Å². The largest absolute Gasteiger partial charge is 0.491 e. The van der Waals surface area contributed by atoms with Gasteiger partial charge in [-0.05, 0) is 48.9 Å². The third kappa shape index (κ3) is 5.27. The van der Waals surface area contributed by atoms with Crippen LogP contribution in [-0.4, -0.2) is 50.5 Å². The minimum absolute atomic E-state index is 0.294. The number of benzene rings is 2. The molecule has 0 saturated carbocycles. The van der Waals surface area contributed by atoms with Gasteiger partial charge in [0.2, 0.25) is 0 Å². The smallest absolute Gasteiger partial charge is 0.137 e. The predicted octanol–water partition coefficient (Wildman–Crippen LogP) is 2.45. The van der Waals surface area contributed by atoms with Gasteiger partial charge in [-0.2, -0.15) is 0 Å². The highest BCUT2D eigenvalue weighted by molar-refractivity contribution is 6.31. The van der Waals surface area contributed by atoms with Crippen molar-refractivity contribution < 1.29 is 14.7 Å². The number of aryl methyl sites for hydroxylation is 1. The van der Waals surface area contributed by atoms with Gasteiger partial charge >= 0.3 is 0 Å². The summed E-state index contributed by atoms with van der Waals surface area (Å²) in [5.41, 5.74) is 2.14. The molecule has 1 heterocycles. The van der Waals surface area contributed by atoms with Crippen LogP contribution < -0.4 is 14.5 Å². The van der Waals surface area contributed by atoms with Gasteiger partial charge in [-0.1, -0.05) is 29.3 Å². The maximum Gasteiger partial charge on any atom is 0.137 e. The summed E-state index contributed by atoms with van der Waals surface area (Å²) in [6, 6.07) is 13.5. The van der Waals surface area contributed by atoms with Gasteiger partial charge in [-0.15, -0.1) is 0 Å². The summed E-state index contributed by atoms with van der Waals surface area (Å²) in [4.78, 5) is 3.74. The van der Waals surface area contributed by atoms with Crippen molar-refractivity contribution in [2.75, 3.05) is 44.2 Å². The molecule has 0 radical (unpaired) electrons. The molecule has 0 unspecified atom stereocenters. The number of nitrogens with one attached hydrogen (secondary N) is 1. The average molecular weight is 396 g/mol. The van der Waals surface area contributed by atoms with Crippen LogP contribution in [0.2, 0.25) is 10.0 Å². The molecule has 0 spiro atoms. The fourth-order valence-electron chi connectivity index (χ4n) is 3.25. The molecule has 1 fully saturated rings. The van der Waals surface area contributed by atoms with Crippen molar-refractivity contribution in [1.29, 1.82) is 0 Å². The van der Waals surface area contributed by atoms with E-state index in [4.69, 9.17) is 27.9 Å². The monoisotopic (exact) mass is 395 g/mol. The first kappa shape index (κ1) is 19.3. The zero-order chi connectivity index (χ0) is 18.5. The Morgan fingerprint density at radius 2 is 1.92 bits per heavy atom. The molecule has 0 aliphatic carbocycles. The molecule has 2 aromatic carbocycles. The molecule has 1 aliphatic rings. The van der Waals surface area contributed by atoms with Crippen LogP contribution in [-0.2, 0) is 0 Å². The molecule has 6 heteroatoms. The van der Waals surface area contributed by atoms with Crippen molar-refractivity contribution in [3.63, 3.8) is 0 Å². The Morgan fingerprint density at radius 1 is 1.15 bits per heavy atom. The van der Waals surface area contributed by atoms with Crippen LogP contribution in [0.4, 0.5) is 5.69 Å². The number of anilines is 1. The van der Waals surface area contributed by atoms with E-state index in [1.165, 1.54) is 10.6 Å².